The summed E-state index contributed by atoms with van der Waals surface area (Å²) in [7, 11) is 1.87. The molecule has 2 N–H and O–H groups in total. The Hall–Kier alpha value is -2.82. The molecule has 0 spiro atoms. The number of aromatic amines is 1. The quantitative estimate of drug-likeness (QED) is 0.389. The highest BCUT2D eigenvalue weighted by atomic mass is 32.2. The zero-order valence-electron chi connectivity index (χ0n) is 13.4. The lowest BCUT2D eigenvalue weighted by Crippen LogP contribution is -1.93. The standard InChI is InChI=1S/C18H15N5S2/c1-23-17(21-22-18(23)24)13-7-9-14(10-8-13)20-12-16(11-19)25-15-5-3-2-4-6-15/h2-10,12,20H,1H3,(H,22,24)/b16-12-. The Balaban J connectivity index is 1.71. The molecule has 0 aliphatic heterocycles. The average Bonchev–Trinajstić information content (AvgIpc) is 2.99. The third kappa shape index (κ3) is 4.18. The summed E-state index contributed by atoms with van der Waals surface area (Å²) >= 11 is 6.55. The Morgan fingerprint density at radius 3 is 2.56 bits per heavy atom. The first-order valence-electron chi connectivity index (χ1n) is 7.49. The maximum absolute atomic E-state index is 9.29. The maximum atomic E-state index is 9.29. The summed E-state index contributed by atoms with van der Waals surface area (Å²) < 4.78 is 2.40. The van der Waals surface area contributed by atoms with Crippen LogP contribution >= 0.6 is 24.0 Å². The van der Waals surface area contributed by atoms with Crippen molar-refractivity contribution in [3.8, 4) is 17.5 Å². The zero-order chi connectivity index (χ0) is 17.6. The van der Waals surface area contributed by atoms with Crippen LogP contribution in [0, 0.1) is 16.1 Å². The Morgan fingerprint density at radius 2 is 1.96 bits per heavy atom. The van der Waals surface area contributed by atoms with E-state index in [1.165, 1.54) is 11.8 Å². The molecule has 0 amide bonds. The van der Waals surface area contributed by atoms with Crippen molar-refractivity contribution in [3.05, 3.63) is 70.5 Å². The van der Waals surface area contributed by atoms with E-state index in [2.05, 4.69) is 21.6 Å². The highest BCUT2D eigenvalue weighted by Crippen LogP contribution is 2.26. The molecule has 0 unspecified atom stereocenters. The highest BCUT2D eigenvalue weighted by molar-refractivity contribution is 8.03. The van der Waals surface area contributed by atoms with Gasteiger partial charge in [-0.15, -0.1) is 0 Å². The van der Waals surface area contributed by atoms with Crippen molar-refractivity contribution in [3.63, 3.8) is 0 Å². The first-order valence-corrected chi connectivity index (χ1v) is 8.71. The van der Waals surface area contributed by atoms with Crippen LogP contribution < -0.4 is 5.32 Å². The van der Waals surface area contributed by atoms with E-state index in [1.807, 2.05) is 66.2 Å². The Morgan fingerprint density at radius 1 is 1.24 bits per heavy atom. The number of nitrogens with zero attached hydrogens (tertiary/aromatic N) is 3. The van der Waals surface area contributed by atoms with Crippen LogP contribution in [0.15, 0.2) is 70.6 Å². The van der Waals surface area contributed by atoms with Gasteiger partial charge in [-0.1, -0.05) is 30.0 Å². The normalized spacial score (nSPS) is 11.1. The first-order chi connectivity index (χ1) is 12.2. The Labute approximate surface area is 155 Å². The van der Waals surface area contributed by atoms with Gasteiger partial charge in [0.2, 0.25) is 0 Å². The molecule has 0 bridgehead atoms. The van der Waals surface area contributed by atoms with Gasteiger partial charge in [-0.2, -0.15) is 10.4 Å². The molecule has 0 fully saturated rings. The van der Waals surface area contributed by atoms with Crippen LogP contribution in [0.5, 0.6) is 0 Å². The second-order valence-electron chi connectivity index (χ2n) is 5.17. The summed E-state index contributed by atoms with van der Waals surface area (Å²) in [5.74, 6) is 0.782. The number of aromatic nitrogens is 3. The summed E-state index contributed by atoms with van der Waals surface area (Å²) in [5.41, 5.74) is 1.85. The molecule has 3 rings (SSSR count). The number of nitriles is 1. The fraction of sp³-hybridized carbons (Fsp3) is 0.0556. The van der Waals surface area contributed by atoms with Crippen LogP contribution in [0.25, 0.3) is 11.4 Å². The molecule has 3 aromatic rings. The number of hydrogen-bond acceptors (Lipinski definition) is 5. The summed E-state index contributed by atoms with van der Waals surface area (Å²) in [6, 6.07) is 19.8. The van der Waals surface area contributed by atoms with Gasteiger partial charge in [-0.3, -0.25) is 5.10 Å². The van der Waals surface area contributed by atoms with Crippen molar-refractivity contribution >= 4 is 29.7 Å². The zero-order valence-corrected chi connectivity index (χ0v) is 15.1. The molecule has 0 aliphatic rings. The second kappa shape index (κ2) is 7.83. The molecule has 1 aromatic heterocycles. The fourth-order valence-electron chi connectivity index (χ4n) is 2.17. The maximum Gasteiger partial charge on any atom is 0.195 e. The van der Waals surface area contributed by atoms with E-state index in [-0.39, 0.29) is 0 Å². The van der Waals surface area contributed by atoms with Gasteiger partial charge in [-0.05, 0) is 48.6 Å². The molecule has 1 heterocycles. The number of benzene rings is 2. The van der Waals surface area contributed by atoms with Crippen LogP contribution in [0.3, 0.4) is 0 Å². The minimum absolute atomic E-state index is 0.580. The van der Waals surface area contributed by atoms with Crippen molar-refractivity contribution < 1.29 is 0 Å². The molecular weight excluding hydrogens is 350 g/mol. The van der Waals surface area contributed by atoms with Crippen molar-refractivity contribution in [1.29, 1.82) is 5.26 Å². The van der Waals surface area contributed by atoms with Crippen LogP contribution in [0.1, 0.15) is 0 Å². The number of allylic oxidation sites excluding steroid dienone is 1. The van der Waals surface area contributed by atoms with E-state index < -0.39 is 0 Å². The number of hydrogen-bond donors (Lipinski definition) is 2. The van der Waals surface area contributed by atoms with E-state index in [4.69, 9.17) is 12.2 Å². The van der Waals surface area contributed by atoms with Gasteiger partial charge in [-0.25, -0.2) is 0 Å². The predicted molar refractivity (Wildman–Crippen MR) is 103 cm³/mol. The number of thioether (sulfide) groups is 1. The SMILES string of the molecule is Cn1c(-c2ccc(N/C=C(/C#N)Sc3ccccc3)cc2)n[nH]c1=S. The molecule has 7 heteroatoms. The number of anilines is 1. The van der Waals surface area contributed by atoms with E-state index >= 15 is 0 Å². The van der Waals surface area contributed by atoms with Crippen LogP contribution in [-0.4, -0.2) is 14.8 Å². The molecule has 2 aromatic carbocycles. The van der Waals surface area contributed by atoms with Crippen molar-refractivity contribution in [2.75, 3.05) is 5.32 Å². The van der Waals surface area contributed by atoms with Crippen molar-refractivity contribution in [2.45, 2.75) is 4.90 Å². The molecule has 0 saturated heterocycles. The van der Waals surface area contributed by atoms with Crippen LogP contribution in [0.2, 0.25) is 0 Å². The first kappa shape index (κ1) is 17.0. The molecular formula is C18H15N5S2. The van der Waals surface area contributed by atoms with Gasteiger partial charge in [0.25, 0.3) is 0 Å². The van der Waals surface area contributed by atoms with Crippen molar-refractivity contribution in [2.24, 2.45) is 7.05 Å². The van der Waals surface area contributed by atoms with Crippen molar-refractivity contribution in [1.82, 2.24) is 14.8 Å². The minimum Gasteiger partial charge on any atom is -0.360 e. The van der Waals surface area contributed by atoms with Crippen LogP contribution in [0.4, 0.5) is 5.69 Å². The van der Waals surface area contributed by atoms with E-state index in [0.29, 0.717) is 9.68 Å². The Bertz CT molecular complexity index is 979. The lowest BCUT2D eigenvalue weighted by Gasteiger charge is -2.05. The summed E-state index contributed by atoms with van der Waals surface area (Å²) in [5, 5.41) is 19.4. The Kier molecular flexibility index (Phi) is 5.33. The largest absolute Gasteiger partial charge is 0.360 e. The third-order valence-corrected chi connectivity index (χ3v) is 4.78. The summed E-state index contributed by atoms with van der Waals surface area (Å²) in [4.78, 5) is 1.61. The number of nitrogens with one attached hydrogen (secondary N) is 2. The van der Waals surface area contributed by atoms with E-state index in [9.17, 15) is 5.26 Å². The minimum atomic E-state index is 0.580. The lowest BCUT2D eigenvalue weighted by molar-refractivity contribution is 0.902. The molecule has 5 nitrogen and oxygen atoms in total. The monoisotopic (exact) mass is 365 g/mol. The second-order valence-corrected chi connectivity index (χ2v) is 6.67. The van der Waals surface area contributed by atoms with E-state index in [1.54, 1.807) is 6.20 Å². The average molecular weight is 365 g/mol. The van der Waals surface area contributed by atoms with Gasteiger partial charge in [0.1, 0.15) is 11.0 Å². The molecule has 0 aliphatic carbocycles. The smallest absolute Gasteiger partial charge is 0.195 e. The van der Waals surface area contributed by atoms with E-state index in [0.717, 1.165) is 22.0 Å². The molecule has 0 saturated carbocycles. The molecule has 124 valence electrons. The summed E-state index contributed by atoms with van der Waals surface area (Å²) in [6.07, 6.45) is 1.71. The highest BCUT2D eigenvalue weighted by Gasteiger charge is 2.05. The number of rotatable bonds is 5. The summed E-state index contributed by atoms with van der Waals surface area (Å²) in [6.45, 7) is 0. The fourth-order valence-corrected chi connectivity index (χ4v) is 3.01. The molecule has 0 atom stereocenters. The third-order valence-electron chi connectivity index (χ3n) is 3.47. The van der Waals surface area contributed by atoms with Gasteiger partial charge in [0.15, 0.2) is 10.6 Å². The van der Waals surface area contributed by atoms with Gasteiger partial charge >= 0.3 is 0 Å². The molecule has 0 radical (unpaired) electrons. The lowest BCUT2D eigenvalue weighted by atomic mass is 10.2. The van der Waals surface area contributed by atoms with Gasteiger partial charge in [0, 0.05) is 29.4 Å². The predicted octanol–water partition coefficient (Wildman–Crippen LogP) is 4.71. The molecule has 25 heavy (non-hydrogen) atoms. The van der Waals surface area contributed by atoms with Gasteiger partial charge in [0.05, 0.1) is 0 Å². The van der Waals surface area contributed by atoms with Crippen LogP contribution in [-0.2, 0) is 7.05 Å². The topological polar surface area (TPSA) is 69.4 Å². The number of H-pyrrole nitrogens is 1. The van der Waals surface area contributed by atoms with Gasteiger partial charge < -0.3 is 9.88 Å².